The van der Waals surface area contributed by atoms with Crippen LogP contribution in [0.4, 0.5) is 0 Å². The number of halogens is 2. The number of hydrogen-bond acceptors (Lipinski definition) is 0. The summed E-state index contributed by atoms with van der Waals surface area (Å²) < 4.78 is 0. The Hall–Kier alpha value is -0.673. The van der Waals surface area contributed by atoms with Gasteiger partial charge in [-0.05, 0) is 10.8 Å². The number of rotatable bonds is 0. The van der Waals surface area contributed by atoms with Gasteiger partial charge in [0.05, 0.1) is 0 Å². The van der Waals surface area contributed by atoms with Crippen LogP contribution in [0.5, 0.6) is 0 Å². The van der Waals surface area contributed by atoms with Crippen molar-refractivity contribution in [2.24, 2.45) is 0 Å². The first-order valence-corrected chi connectivity index (χ1v) is 15.6. The Balaban J connectivity index is 0.000000488. The Morgan fingerprint density at radius 1 is 0.600 bits per heavy atom. The van der Waals surface area contributed by atoms with Crippen molar-refractivity contribution in [2.45, 2.75) is 52.4 Å². The molecule has 0 fully saturated rings. The molecule has 4 heteroatoms. The van der Waals surface area contributed by atoms with Crippen LogP contribution >= 0.6 is 0 Å². The van der Waals surface area contributed by atoms with E-state index in [0.29, 0.717) is 0 Å². The molecule has 0 heterocycles. The first-order chi connectivity index (χ1) is 13.1. The summed E-state index contributed by atoms with van der Waals surface area (Å²) in [5, 5.41) is 5.42. The van der Waals surface area contributed by atoms with Crippen molar-refractivity contribution in [1.29, 1.82) is 0 Å². The molecule has 4 aromatic rings. The fraction of sp³-hybridized carbons (Fsp3) is 0.308. The van der Waals surface area contributed by atoms with E-state index in [9.17, 15) is 0 Å². The van der Waals surface area contributed by atoms with Crippen molar-refractivity contribution in [3.8, 4) is 0 Å². The Kier molecular flexibility index (Phi) is 12.1. The molecule has 30 heavy (non-hydrogen) atoms. The van der Waals surface area contributed by atoms with E-state index in [4.69, 9.17) is 0 Å². The molecule has 2 radical (unpaired) electrons. The summed E-state index contributed by atoms with van der Waals surface area (Å²) in [6.45, 7) is 16.6. The van der Waals surface area contributed by atoms with E-state index in [1.165, 1.54) is 32.7 Å². The molecule has 0 saturated carbocycles. The van der Waals surface area contributed by atoms with Gasteiger partial charge >= 0.3 is 29.9 Å². The van der Waals surface area contributed by atoms with Crippen LogP contribution in [0.3, 0.4) is 0 Å². The van der Waals surface area contributed by atoms with E-state index in [2.05, 4.69) is 121 Å². The normalized spacial score (nSPS) is 10.8. The molecule has 4 aromatic carbocycles. The van der Waals surface area contributed by atoms with Gasteiger partial charge in [-0.25, -0.2) is 0 Å². The molecule has 0 atom stereocenters. The topological polar surface area (TPSA) is 0 Å². The second-order valence-corrected chi connectivity index (χ2v) is 9.25. The van der Waals surface area contributed by atoms with E-state index in [1.807, 2.05) is 0 Å². The SMILES string of the molecule is CC(C)(C)c1cc2ccccc2[cH-]1.CC(C)(C)c1cc2ccccc2[cH-]1.[Cl-].[Cl-].[Si]=[Hf+2]. The predicted molar refractivity (Wildman–Crippen MR) is 122 cm³/mol. The number of benzene rings is 2. The van der Waals surface area contributed by atoms with Crippen LogP contribution in [0.1, 0.15) is 52.7 Å². The van der Waals surface area contributed by atoms with Crippen LogP contribution in [-0.2, 0) is 33.8 Å². The molecule has 0 spiro atoms. The molecule has 158 valence electrons. The molecular formula is C26H30Cl2HfSi-2. The van der Waals surface area contributed by atoms with Crippen molar-refractivity contribution < 1.29 is 47.8 Å². The van der Waals surface area contributed by atoms with Gasteiger partial charge in [0.1, 0.15) is 0 Å². The van der Waals surface area contributed by atoms with Gasteiger partial charge in [-0.3, -0.25) is 0 Å². The summed E-state index contributed by atoms with van der Waals surface area (Å²) in [4.78, 5) is 0. The zero-order chi connectivity index (χ0) is 20.9. The van der Waals surface area contributed by atoms with Crippen molar-refractivity contribution in [3.63, 3.8) is 0 Å². The summed E-state index contributed by atoms with van der Waals surface area (Å²) in [5.74, 6) is 0. The van der Waals surface area contributed by atoms with Crippen molar-refractivity contribution in [1.82, 2.24) is 0 Å². The first kappa shape index (κ1) is 29.3. The molecule has 0 aliphatic heterocycles. The van der Waals surface area contributed by atoms with Gasteiger partial charge in [0.25, 0.3) is 0 Å². The van der Waals surface area contributed by atoms with Crippen LogP contribution in [0.2, 0.25) is 0 Å². The third-order valence-electron chi connectivity index (χ3n) is 4.97. The van der Waals surface area contributed by atoms with Gasteiger partial charge in [-0.15, -0.1) is 81.2 Å². The minimum absolute atomic E-state index is 0. The molecule has 4 rings (SSSR count). The first-order valence-electron chi connectivity index (χ1n) is 9.71. The van der Waals surface area contributed by atoms with Crippen molar-refractivity contribution in [2.75, 3.05) is 0 Å². The standard InChI is InChI=1S/2C13H15.2ClH.Hf.Si/c2*1-13(2,3)12-8-10-6-4-5-7-11(10)9-12;;;;/h2*4-9H,1-3H3;2*1H;;/q2*-1;;;+2;/p-2. The van der Waals surface area contributed by atoms with Crippen LogP contribution in [0.15, 0.2) is 72.8 Å². The van der Waals surface area contributed by atoms with Crippen LogP contribution in [0.25, 0.3) is 21.5 Å². The van der Waals surface area contributed by atoms with Gasteiger partial charge in [0.15, 0.2) is 0 Å². The average molecular weight is 620 g/mol. The maximum absolute atomic E-state index is 3.11. The van der Waals surface area contributed by atoms with Gasteiger partial charge < -0.3 is 24.8 Å². The molecule has 0 saturated heterocycles. The fourth-order valence-corrected chi connectivity index (χ4v) is 3.17. The third kappa shape index (κ3) is 7.78. The summed E-state index contributed by atoms with van der Waals surface area (Å²) >= 11 is 1.11. The van der Waals surface area contributed by atoms with E-state index in [0.717, 1.165) is 23.0 Å². The summed E-state index contributed by atoms with van der Waals surface area (Å²) in [7, 11) is 0. The number of fused-ring (bicyclic) bond motifs is 2. The van der Waals surface area contributed by atoms with Gasteiger partial charge in [0.2, 0.25) is 0 Å². The molecule has 0 N–H and O–H groups in total. The Bertz CT molecular complexity index is 882. The maximum atomic E-state index is 3.11. The van der Waals surface area contributed by atoms with Gasteiger partial charge in [-0.2, -0.15) is 12.1 Å². The third-order valence-corrected chi connectivity index (χ3v) is 4.97. The Labute approximate surface area is 211 Å². The second-order valence-electron chi connectivity index (χ2n) is 9.25. The van der Waals surface area contributed by atoms with Crippen LogP contribution in [0, 0.1) is 0 Å². The van der Waals surface area contributed by atoms with E-state index >= 15 is 0 Å². The van der Waals surface area contributed by atoms with E-state index in [1.54, 1.807) is 0 Å². The zero-order valence-electron chi connectivity index (χ0n) is 18.7. The Morgan fingerprint density at radius 3 is 1.17 bits per heavy atom. The van der Waals surface area contributed by atoms with Gasteiger partial charge in [0, 0.05) is 0 Å². The second kappa shape index (κ2) is 12.4. The molecule has 0 aliphatic carbocycles. The molecule has 0 amide bonds. The molecular weight excluding hydrogens is 590 g/mol. The van der Waals surface area contributed by atoms with E-state index in [-0.39, 0.29) is 35.6 Å². The monoisotopic (exact) mass is 620 g/mol. The number of hydrogen-bond donors (Lipinski definition) is 0. The van der Waals surface area contributed by atoms with Crippen LogP contribution < -0.4 is 24.8 Å². The summed E-state index contributed by atoms with van der Waals surface area (Å²) in [6.07, 6.45) is 0. The van der Waals surface area contributed by atoms with Crippen molar-refractivity contribution >= 4 is 28.5 Å². The van der Waals surface area contributed by atoms with Crippen LogP contribution in [-0.4, -0.2) is 6.94 Å². The Morgan fingerprint density at radius 2 is 0.900 bits per heavy atom. The minimum atomic E-state index is 0. The molecule has 0 nitrogen and oxygen atoms in total. The van der Waals surface area contributed by atoms with E-state index < -0.39 is 0 Å². The molecule has 0 aliphatic rings. The van der Waals surface area contributed by atoms with Gasteiger partial charge in [-0.1, -0.05) is 53.7 Å². The molecule has 0 bridgehead atoms. The quantitative estimate of drug-likeness (QED) is 0.206. The average Bonchev–Trinajstić information content (AvgIpc) is 3.27. The zero-order valence-corrected chi connectivity index (χ0v) is 24.8. The fourth-order valence-electron chi connectivity index (χ4n) is 3.17. The predicted octanol–water partition coefficient (Wildman–Crippen LogP) is 1.34. The van der Waals surface area contributed by atoms with Crippen molar-refractivity contribution in [3.05, 3.63) is 83.9 Å². The summed E-state index contributed by atoms with van der Waals surface area (Å²) in [5.41, 5.74) is 3.38. The summed E-state index contributed by atoms with van der Waals surface area (Å²) in [6, 6.07) is 26.2. The molecule has 0 aromatic heterocycles. The molecule has 0 unspecified atom stereocenters.